The fourth-order valence-corrected chi connectivity index (χ4v) is 2.88. The second-order valence-corrected chi connectivity index (χ2v) is 5.45. The minimum atomic E-state index is 0.174. The van der Waals surface area contributed by atoms with Crippen LogP contribution in [0.3, 0.4) is 0 Å². The second-order valence-electron chi connectivity index (χ2n) is 5.45. The average molecular weight is 293 g/mol. The molecular weight excluding hydrogens is 270 g/mol. The average Bonchev–Trinajstić information content (AvgIpc) is 2.50. The molecule has 2 heterocycles. The summed E-state index contributed by atoms with van der Waals surface area (Å²) in [4.78, 5) is 2.42. The minimum Gasteiger partial charge on any atom is -0.493 e. The van der Waals surface area contributed by atoms with E-state index in [0.29, 0.717) is 26.4 Å². The quantitative estimate of drug-likeness (QED) is 0.848. The zero-order chi connectivity index (χ0) is 14.5. The van der Waals surface area contributed by atoms with E-state index in [2.05, 4.69) is 11.0 Å². The largest absolute Gasteiger partial charge is 0.493 e. The van der Waals surface area contributed by atoms with E-state index in [0.717, 1.165) is 37.6 Å². The van der Waals surface area contributed by atoms with Crippen molar-refractivity contribution in [1.82, 2.24) is 4.90 Å². The number of ether oxygens (including phenoxy) is 4. The predicted octanol–water partition coefficient (Wildman–Crippen LogP) is 1.70. The van der Waals surface area contributed by atoms with Crippen molar-refractivity contribution < 1.29 is 18.9 Å². The van der Waals surface area contributed by atoms with E-state index in [9.17, 15) is 0 Å². The van der Waals surface area contributed by atoms with Crippen molar-refractivity contribution in [1.29, 1.82) is 0 Å². The lowest BCUT2D eigenvalue weighted by molar-refractivity contribution is -0.0986. The molecule has 0 saturated carbocycles. The molecule has 0 bridgehead atoms. The van der Waals surface area contributed by atoms with Crippen LogP contribution in [-0.2, 0) is 16.0 Å². The van der Waals surface area contributed by atoms with E-state index in [-0.39, 0.29) is 6.10 Å². The lowest BCUT2D eigenvalue weighted by Gasteiger charge is -2.31. The van der Waals surface area contributed by atoms with Gasteiger partial charge in [0.25, 0.3) is 0 Å². The summed E-state index contributed by atoms with van der Waals surface area (Å²) in [6.45, 7) is 5.58. The van der Waals surface area contributed by atoms with Crippen molar-refractivity contribution in [2.45, 2.75) is 19.1 Å². The molecule has 2 aliphatic rings. The molecule has 1 atom stereocenters. The Morgan fingerprint density at radius 2 is 2.24 bits per heavy atom. The molecule has 0 spiro atoms. The molecule has 5 heteroatoms. The van der Waals surface area contributed by atoms with Gasteiger partial charge in [-0.3, -0.25) is 4.90 Å². The third-order valence-electron chi connectivity index (χ3n) is 3.89. The van der Waals surface area contributed by atoms with Gasteiger partial charge in [0, 0.05) is 25.2 Å². The van der Waals surface area contributed by atoms with E-state index < -0.39 is 0 Å². The summed E-state index contributed by atoms with van der Waals surface area (Å²) in [7, 11) is 1.68. The van der Waals surface area contributed by atoms with Crippen molar-refractivity contribution in [3.63, 3.8) is 0 Å². The Labute approximate surface area is 125 Å². The Kier molecular flexibility index (Phi) is 4.95. The number of nitrogens with zero attached hydrogens (tertiary/aromatic N) is 1. The highest BCUT2D eigenvalue weighted by atomic mass is 16.6. The van der Waals surface area contributed by atoms with Gasteiger partial charge in [-0.2, -0.15) is 0 Å². The molecule has 0 aromatic heterocycles. The fourth-order valence-electron chi connectivity index (χ4n) is 2.88. The molecular formula is C16H23NO4. The highest BCUT2D eigenvalue weighted by Gasteiger charge is 2.22. The van der Waals surface area contributed by atoms with Gasteiger partial charge in [-0.1, -0.05) is 12.1 Å². The van der Waals surface area contributed by atoms with Gasteiger partial charge in [0.05, 0.1) is 39.6 Å². The SMILES string of the molecule is COc1cccc2c1OCCCN(CC1COCCO1)C2. The predicted molar refractivity (Wildman–Crippen MR) is 78.9 cm³/mol. The van der Waals surface area contributed by atoms with Crippen molar-refractivity contribution in [3.05, 3.63) is 23.8 Å². The first kappa shape index (κ1) is 14.6. The third-order valence-corrected chi connectivity index (χ3v) is 3.89. The van der Waals surface area contributed by atoms with Crippen LogP contribution >= 0.6 is 0 Å². The molecule has 0 amide bonds. The Morgan fingerprint density at radius 3 is 3.05 bits per heavy atom. The lowest BCUT2D eigenvalue weighted by Crippen LogP contribution is -2.40. The van der Waals surface area contributed by atoms with Crippen molar-refractivity contribution >= 4 is 0 Å². The fraction of sp³-hybridized carbons (Fsp3) is 0.625. The van der Waals surface area contributed by atoms with Crippen molar-refractivity contribution in [2.24, 2.45) is 0 Å². The lowest BCUT2D eigenvalue weighted by atomic mass is 10.1. The van der Waals surface area contributed by atoms with Crippen LogP contribution in [0.5, 0.6) is 11.5 Å². The summed E-state index contributed by atoms with van der Waals surface area (Å²) in [6.07, 6.45) is 1.18. The van der Waals surface area contributed by atoms with E-state index in [1.807, 2.05) is 12.1 Å². The van der Waals surface area contributed by atoms with Crippen LogP contribution in [0.2, 0.25) is 0 Å². The molecule has 1 unspecified atom stereocenters. The van der Waals surface area contributed by atoms with Gasteiger partial charge in [-0.25, -0.2) is 0 Å². The zero-order valence-corrected chi connectivity index (χ0v) is 12.5. The first-order chi connectivity index (χ1) is 10.4. The van der Waals surface area contributed by atoms with Gasteiger partial charge < -0.3 is 18.9 Å². The molecule has 116 valence electrons. The van der Waals surface area contributed by atoms with Crippen LogP contribution in [0.15, 0.2) is 18.2 Å². The number of rotatable bonds is 3. The Hall–Kier alpha value is -1.30. The topological polar surface area (TPSA) is 40.2 Å². The Balaban J connectivity index is 1.71. The van der Waals surface area contributed by atoms with E-state index in [4.69, 9.17) is 18.9 Å². The van der Waals surface area contributed by atoms with E-state index in [1.165, 1.54) is 5.56 Å². The monoisotopic (exact) mass is 293 g/mol. The number of hydrogen-bond donors (Lipinski definition) is 0. The number of fused-ring (bicyclic) bond motifs is 1. The molecule has 5 nitrogen and oxygen atoms in total. The van der Waals surface area contributed by atoms with Crippen LogP contribution in [0, 0.1) is 0 Å². The number of para-hydroxylation sites is 1. The minimum absolute atomic E-state index is 0.174. The summed E-state index contributed by atoms with van der Waals surface area (Å²) in [5.74, 6) is 1.69. The summed E-state index contributed by atoms with van der Waals surface area (Å²) in [6, 6.07) is 6.07. The maximum Gasteiger partial charge on any atom is 0.165 e. The van der Waals surface area contributed by atoms with Crippen LogP contribution in [0.1, 0.15) is 12.0 Å². The zero-order valence-electron chi connectivity index (χ0n) is 12.5. The van der Waals surface area contributed by atoms with Crippen LogP contribution in [0.25, 0.3) is 0 Å². The maximum atomic E-state index is 5.88. The number of methoxy groups -OCH3 is 1. The van der Waals surface area contributed by atoms with Gasteiger partial charge in [-0.05, 0) is 12.5 Å². The summed E-state index contributed by atoms with van der Waals surface area (Å²) in [5, 5.41) is 0. The van der Waals surface area contributed by atoms with Crippen LogP contribution in [-0.4, -0.2) is 57.6 Å². The number of benzene rings is 1. The maximum absolute atomic E-state index is 5.88. The van der Waals surface area contributed by atoms with Crippen molar-refractivity contribution in [2.75, 3.05) is 46.6 Å². The molecule has 0 aliphatic carbocycles. The highest BCUT2D eigenvalue weighted by molar-refractivity contribution is 5.46. The van der Waals surface area contributed by atoms with Gasteiger partial charge in [-0.15, -0.1) is 0 Å². The molecule has 3 rings (SSSR count). The summed E-state index contributed by atoms with van der Waals surface area (Å²) < 4.78 is 22.5. The second kappa shape index (κ2) is 7.11. The first-order valence-electron chi connectivity index (χ1n) is 7.57. The first-order valence-corrected chi connectivity index (χ1v) is 7.57. The number of hydrogen-bond acceptors (Lipinski definition) is 5. The van der Waals surface area contributed by atoms with Gasteiger partial charge in [0.1, 0.15) is 0 Å². The summed E-state index contributed by atoms with van der Waals surface area (Å²) >= 11 is 0. The van der Waals surface area contributed by atoms with Gasteiger partial charge in [0.15, 0.2) is 11.5 Å². The molecule has 0 N–H and O–H groups in total. The van der Waals surface area contributed by atoms with E-state index in [1.54, 1.807) is 7.11 Å². The normalized spacial score (nSPS) is 23.6. The van der Waals surface area contributed by atoms with Crippen LogP contribution in [0.4, 0.5) is 0 Å². The van der Waals surface area contributed by atoms with E-state index >= 15 is 0 Å². The molecule has 1 aromatic carbocycles. The molecule has 2 aliphatic heterocycles. The highest BCUT2D eigenvalue weighted by Crippen LogP contribution is 2.33. The molecule has 1 aromatic rings. The molecule has 0 radical (unpaired) electrons. The van der Waals surface area contributed by atoms with Gasteiger partial charge >= 0.3 is 0 Å². The third kappa shape index (κ3) is 3.67. The summed E-state index contributed by atoms with van der Waals surface area (Å²) in [5.41, 5.74) is 1.17. The van der Waals surface area contributed by atoms with Crippen LogP contribution < -0.4 is 9.47 Å². The van der Waals surface area contributed by atoms with Crippen molar-refractivity contribution in [3.8, 4) is 11.5 Å². The smallest absolute Gasteiger partial charge is 0.165 e. The Morgan fingerprint density at radius 1 is 1.29 bits per heavy atom. The standard InChI is InChI=1S/C16H23NO4/c1-18-15-5-2-4-13-10-17(6-3-7-21-16(13)15)11-14-12-19-8-9-20-14/h2,4-5,14H,3,6-12H2,1H3. The molecule has 21 heavy (non-hydrogen) atoms. The molecule has 1 saturated heterocycles. The van der Waals surface area contributed by atoms with Gasteiger partial charge in [0.2, 0.25) is 0 Å². The Bertz CT molecular complexity index is 460. The molecule has 1 fully saturated rings.